The third-order valence-electron chi connectivity index (χ3n) is 4.05. The first-order valence-electron chi connectivity index (χ1n) is 8.60. The summed E-state index contributed by atoms with van der Waals surface area (Å²) < 4.78 is 0. The second-order valence-corrected chi connectivity index (χ2v) is 6.38. The lowest BCUT2D eigenvalue weighted by atomic mass is 10.0. The molecule has 0 radical (unpaired) electrons. The first-order valence-corrected chi connectivity index (χ1v) is 8.60. The minimum Gasteiger partial charge on any atom is -0.342 e. The topological polar surface area (TPSA) is 45.2 Å². The predicted octanol–water partition coefficient (Wildman–Crippen LogP) is 4.82. The van der Waals surface area contributed by atoms with Crippen molar-refractivity contribution < 1.29 is 4.79 Å². The highest BCUT2D eigenvalue weighted by Crippen LogP contribution is 2.26. The van der Waals surface area contributed by atoms with Crippen LogP contribution in [0.2, 0.25) is 0 Å². The third kappa shape index (κ3) is 4.57. The van der Waals surface area contributed by atoms with Gasteiger partial charge in [-0.05, 0) is 36.1 Å². The Morgan fingerprint density at radius 3 is 2.71 bits per heavy atom. The lowest BCUT2D eigenvalue weighted by molar-refractivity contribution is 0.0793. The Bertz CT molecular complexity index is 682. The largest absolute Gasteiger partial charge is 0.342 e. The number of carbonyl (C=O) groups is 1. The van der Waals surface area contributed by atoms with Crippen molar-refractivity contribution in [1.29, 1.82) is 0 Å². The average Bonchev–Trinajstić information content (AvgIpc) is 2.59. The molecule has 1 aromatic heterocycles. The fourth-order valence-electron chi connectivity index (χ4n) is 2.60. The van der Waals surface area contributed by atoms with E-state index >= 15 is 0 Å². The van der Waals surface area contributed by atoms with Crippen molar-refractivity contribution in [1.82, 2.24) is 9.88 Å². The quantitative estimate of drug-likeness (QED) is 0.793. The molecule has 1 amide bonds. The van der Waals surface area contributed by atoms with Gasteiger partial charge in [-0.2, -0.15) is 0 Å². The molecule has 0 saturated heterocycles. The van der Waals surface area contributed by atoms with E-state index in [1.165, 1.54) is 5.56 Å². The number of pyridine rings is 1. The minimum atomic E-state index is 0.0334. The fraction of sp³-hybridized carbons (Fsp3) is 0.400. The number of anilines is 2. The van der Waals surface area contributed by atoms with E-state index in [0.717, 1.165) is 25.1 Å². The minimum absolute atomic E-state index is 0.0334. The van der Waals surface area contributed by atoms with Gasteiger partial charge in [0.2, 0.25) is 0 Å². The summed E-state index contributed by atoms with van der Waals surface area (Å²) in [7, 11) is 1.85. The maximum atomic E-state index is 12.5. The van der Waals surface area contributed by atoms with Crippen molar-refractivity contribution in [2.45, 2.75) is 39.5 Å². The molecule has 1 N–H and O–H groups in total. The molecule has 0 fully saturated rings. The van der Waals surface area contributed by atoms with Crippen LogP contribution in [-0.4, -0.2) is 29.4 Å². The molecule has 128 valence electrons. The standard InChI is InChI=1S/C20H27N3O/c1-5-6-13-23(4)20(24)16-11-12-21-19(14-16)22-18-10-8-7-9-17(18)15(2)3/h7-12,14-15H,5-6,13H2,1-4H3,(H,21,22). The van der Waals surface area contributed by atoms with Crippen molar-refractivity contribution in [2.75, 3.05) is 18.9 Å². The van der Waals surface area contributed by atoms with Crippen LogP contribution in [0.5, 0.6) is 0 Å². The van der Waals surface area contributed by atoms with Gasteiger partial charge in [0.15, 0.2) is 0 Å². The second kappa shape index (κ2) is 8.48. The van der Waals surface area contributed by atoms with Crippen molar-refractivity contribution in [3.8, 4) is 0 Å². The van der Waals surface area contributed by atoms with Crippen LogP contribution >= 0.6 is 0 Å². The van der Waals surface area contributed by atoms with Gasteiger partial charge in [0.1, 0.15) is 5.82 Å². The Kier molecular flexibility index (Phi) is 6.36. The van der Waals surface area contributed by atoms with Crippen LogP contribution in [0, 0.1) is 0 Å². The van der Waals surface area contributed by atoms with Gasteiger partial charge in [-0.15, -0.1) is 0 Å². The van der Waals surface area contributed by atoms with Gasteiger partial charge in [-0.25, -0.2) is 4.98 Å². The van der Waals surface area contributed by atoms with E-state index in [9.17, 15) is 4.79 Å². The summed E-state index contributed by atoms with van der Waals surface area (Å²) in [5, 5.41) is 3.35. The summed E-state index contributed by atoms with van der Waals surface area (Å²) in [6, 6.07) is 11.8. The Balaban J connectivity index is 2.18. The van der Waals surface area contributed by atoms with Crippen molar-refractivity contribution in [3.05, 3.63) is 53.7 Å². The molecule has 24 heavy (non-hydrogen) atoms. The number of unbranched alkanes of at least 4 members (excludes halogenated alkanes) is 1. The van der Waals surface area contributed by atoms with Crippen LogP contribution in [-0.2, 0) is 0 Å². The zero-order valence-electron chi connectivity index (χ0n) is 15.0. The number of aromatic nitrogens is 1. The summed E-state index contributed by atoms with van der Waals surface area (Å²) in [4.78, 5) is 18.6. The van der Waals surface area contributed by atoms with Crippen LogP contribution < -0.4 is 5.32 Å². The zero-order chi connectivity index (χ0) is 17.5. The summed E-state index contributed by atoms with van der Waals surface area (Å²) >= 11 is 0. The summed E-state index contributed by atoms with van der Waals surface area (Å²) in [5.74, 6) is 1.14. The fourth-order valence-corrected chi connectivity index (χ4v) is 2.60. The molecule has 0 aliphatic carbocycles. The maximum absolute atomic E-state index is 12.5. The molecule has 2 rings (SSSR count). The molecular weight excluding hydrogens is 298 g/mol. The number of amides is 1. The number of benzene rings is 1. The normalized spacial score (nSPS) is 10.7. The van der Waals surface area contributed by atoms with Gasteiger partial charge in [0.05, 0.1) is 0 Å². The Labute approximate surface area is 144 Å². The maximum Gasteiger partial charge on any atom is 0.253 e. The lowest BCUT2D eigenvalue weighted by Crippen LogP contribution is -2.27. The average molecular weight is 325 g/mol. The molecule has 0 atom stereocenters. The highest BCUT2D eigenvalue weighted by molar-refractivity contribution is 5.94. The van der Waals surface area contributed by atoms with E-state index in [1.54, 1.807) is 17.2 Å². The van der Waals surface area contributed by atoms with Crippen LogP contribution in [0.25, 0.3) is 0 Å². The molecule has 1 heterocycles. The molecule has 0 bridgehead atoms. The monoisotopic (exact) mass is 325 g/mol. The predicted molar refractivity (Wildman–Crippen MR) is 99.9 cm³/mol. The van der Waals surface area contributed by atoms with Gasteiger partial charge < -0.3 is 10.2 Å². The van der Waals surface area contributed by atoms with E-state index in [4.69, 9.17) is 0 Å². The van der Waals surface area contributed by atoms with Crippen molar-refractivity contribution in [2.24, 2.45) is 0 Å². The number of para-hydroxylation sites is 1. The van der Waals surface area contributed by atoms with E-state index < -0.39 is 0 Å². The molecule has 0 aliphatic rings. The number of carbonyl (C=O) groups excluding carboxylic acids is 1. The first-order chi connectivity index (χ1) is 11.5. The van der Waals surface area contributed by atoms with E-state index in [-0.39, 0.29) is 5.91 Å². The third-order valence-corrected chi connectivity index (χ3v) is 4.05. The number of hydrogen-bond acceptors (Lipinski definition) is 3. The number of nitrogens with one attached hydrogen (secondary N) is 1. The molecule has 4 heteroatoms. The highest BCUT2D eigenvalue weighted by Gasteiger charge is 2.13. The Morgan fingerprint density at radius 2 is 2.00 bits per heavy atom. The molecule has 1 aromatic carbocycles. The molecular formula is C20H27N3O. The van der Waals surface area contributed by atoms with E-state index in [1.807, 2.05) is 31.3 Å². The Morgan fingerprint density at radius 1 is 1.25 bits per heavy atom. The molecule has 0 saturated carbocycles. The summed E-state index contributed by atoms with van der Waals surface area (Å²) in [6.45, 7) is 7.22. The van der Waals surface area contributed by atoms with Gasteiger partial charge in [-0.3, -0.25) is 4.79 Å². The van der Waals surface area contributed by atoms with Gasteiger partial charge in [-0.1, -0.05) is 45.4 Å². The lowest BCUT2D eigenvalue weighted by Gasteiger charge is -2.18. The van der Waals surface area contributed by atoms with E-state index in [0.29, 0.717) is 17.3 Å². The van der Waals surface area contributed by atoms with Crippen molar-refractivity contribution in [3.63, 3.8) is 0 Å². The van der Waals surface area contributed by atoms with Crippen LogP contribution in [0.15, 0.2) is 42.6 Å². The number of hydrogen-bond donors (Lipinski definition) is 1. The smallest absolute Gasteiger partial charge is 0.253 e. The molecule has 0 aliphatic heterocycles. The molecule has 4 nitrogen and oxygen atoms in total. The van der Waals surface area contributed by atoms with Gasteiger partial charge in [0.25, 0.3) is 5.91 Å². The van der Waals surface area contributed by atoms with E-state index in [2.05, 4.69) is 37.1 Å². The van der Waals surface area contributed by atoms with Crippen LogP contribution in [0.1, 0.15) is 55.5 Å². The van der Waals surface area contributed by atoms with Crippen molar-refractivity contribution >= 4 is 17.4 Å². The second-order valence-electron chi connectivity index (χ2n) is 6.38. The molecule has 0 unspecified atom stereocenters. The molecule has 2 aromatic rings. The molecule has 0 spiro atoms. The van der Waals surface area contributed by atoms with Crippen LogP contribution in [0.4, 0.5) is 11.5 Å². The first kappa shape index (κ1) is 18.0. The SMILES string of the molecule is CCCCN(C)C(=O)c1ccnc(Nc2ccccc2C(C)C)c1. The van der Waals surface area contributed by atoms with Gasteiger partial charge >= 0.3 is 0 Å². The summed E-state index contributed by atoms with van der Waals surface area (Å²) in [5.41, 5.74) is 2.92. The van der Waals surface area contributed by atoms with Gasteiger partial charge in [0, 0.05) is 31.0 Å². The number of rotatable bonds is 7. The summed E-state index contributed by atoms with van der Waals surface area (Å²) in [6.07, 6.45) is 3.77. The number of nitrogens with zero attached hydrogens (tertiary/aromatic N) is 2. The Hall–Kier alpha value is -2.36. The van der Waals surface area contributed by atoms with Crippen LogP contribution in [0.3, 0.4) is 0 Å². The highest BCUT2D eigenvalue weighted by atomic mass is 16.2. The zero-order valence-corrected chi connectivity index (χ0v) is 15.0.